The van der Waals surface area contributed by atoms with E-state index in [9.17, 15) is 0 Å². The largest absolute Gasteiger partial charge is 0.307 e. The zero-order valence-corrected chi connectivity index (χ0v) is 14.0. The molecule has 5 heteroatoms. The maximum absolute atomic E-state index is 6.20. The first-order valence-corrected chi connectivity index (χ1v) is 8.23. The molecule has 0 amide bonds. The van der Waals surface area contributed by atoms with Crippen LogP contribution in [0.4, 0.5) is 0 Å². The molecule has 0 aliphatic carbocycles. The molecule has 1 aliphatic rings. The Morgan fingerprint density at radius 2 is 2.14 bits per heavy atom. The van der Waals surface area contributed by atoms with E-state index in [4.69, 9.17) is 11.6 Å². The minimum absolute atomic E-state index is 0.401. The van der Waals surface area contributed by atoms with Crippen molar-refractivity contribution in [1.29, 1.82) is 0 Å². The number of fused-ring (bicyclic) bond motifs is 1. The van der Waals surface area contributed by atoms with Gasteiger partial charge in [-0.25, -0.2) is 0 Å². The summed E-state index contributed by atoms with van der Waals surface area (Å²) in [5, 5.41) is 11.4. The van der Waals surface area contributed by atoms with Gasteiger partial charge in [0.1, 0.15) is 0 Å². The van der Waals surface area contributed by atoms with Gasteiger partial charge in [-0.2, -0.15) is 5.10 Å². The van der Waals surface area contributed by atoms with Crippen molar-refractivity contribution >= 4 is 11.6 Å². The Morgan fingerprint density at radius 3 is 2.86 bits per heavy atom. The van der Waals surface area contributed by atoms with Crippen molar-refractivity contribution in [2.75, 3.05) is 13.1 Å². The molecule has 0 bridgehead atoms. The summed E-state index contributed by atoms with van der Waals surface area (Å²) in [5.41, 5.74) is 4.79. The molecule has 1 unspecified atom stereocenters. The summed E-state index contributed by atoms with van der Waals surface area (Å²) in [5.74, 6) is 0. The highest BCUT2D eigenvalue weighted by molar-refractivity contribution is 6.31. The van der Waals surface area contributed by atoms with Crippen LogP contribution in [0.3, 0.4) is 0 Å². The van der Waals surface area contributed by atoms with E-state index in [0.717, 1.165) is 42.5 Å². The molecule has 22 heavy (non-hydrogen) atoms. The molecule has 118 valence electrons. The molecule has 1 aromatic carbocycles. The quantitative estimate of drug-likeness (QED) is 0.891. The topological polar surface area (TPSA) is 44.0 Å². The lowest BCUT2D eigenvalue weighted by molar-refractivity contribution is 0.229. The Morgan fingerprint density at radius 1 is 1.36 bits per heavy atom. The van der Waals surface area contributed by atoms with E-state index >= 15 is 0 Å². The van der Waals surface area contributed by atoms with Gasteiger partial charge in [0.25, 0.3) is 0 Å². The Bertz CT molecular complexity index is 637. The number of nitrogens with one attached hydrogen (secondary N) is 2. The van der Waals surface area contributed by atoms with Gasteiger partial charge in [-0.15, -0.1) is 0 Å². The lowest BCUT2D eigenvalue weighted by Crippen LogP contribution is -2.41. The lowest BCUT2D eigenvalue weighted by Gasteiger charge is -2.31. The molecule has 3 rings (SSSR count). The van der Waals surface area contributed by atoms with Crippen LogP contribution in [0.1, 0.15) is 29.4 Å². The highest BCUT2D eigenvalue weighted by Gasteiger charge is 2.17. The number of H-pyrrole nitrogens is 1. The number of nitrogens with zero attached hydrogens (tertiary/aromatic N) is 2. The highest BCUT2D eigenvalue weighted by atomic mass is 35.5. The molecule has 1 aliphatic heterocycles. The van der Waals surface area contributed by atoms with Gasteiger partial charge < -0.3 is 5.32 Å². The van der Waals surface area contributed by atoms with Crippen LogP contribution in [0.25, 0.3) is 0 Å². The van der Waals surface area contributed by atoms with Crippen LogP contribution in [0.5, 0.6) is 0 Å². The van der Waals surface area contributed by atoms with Gasteiger partial charge in [0.2, 0.25) is 0 Å². The van der Waals surface area contributed by atoms with E-state index in [1.165, 1.54) is 11.1 Å². The van der Waals surface area contributed by atoms with Crippen molar-refractivity contribution in [3.63, 3.8) is 0 Å². The third-order valence-electron chi connectivity index (χ3n) is 4.30. The summed E-state index contributed by atoms with van der Waals surface area (Å²) in [4.78, 5) is 2.51. The summed E-state index contributed by atoms with van der Waals surface area (Å²) in [6, 6.07) is 9.15. The van der Waals surface area contributed by atoms with Crippen molar-refractivity contribution in [2.45, 2.75) is 39.4 Å². The third-order valence-corrected chi connectivity index (χ3v) is 4.80. The second-order valence-electron chi connectivity index (χ2n) is 6.15. The standard InChI is InChI=1S/C17H23ClN4/c1-12(19-9-16-17(18)13(2)20-21-16)10-22-8-7-14-5-3-4-6-15(14)11-22/h3-6,12,19H,7-11H2,1-2H3,(H,20,21). The van der Waals surface area contributed by atoms with Gasteiger partial charge in [-0.1, -0.05) is 35.9 Å². The molecule has 2 heterocycles. The fraction of sp³-hybridized carbons (Fsp3) is 0.471. The van der Waals surface area contributed by atoms with E-state index in [1.807, 2.05) is 6.92 Å². The van der Waals surface area contributed by atoms with Gasteiger partial charge >= 0.3 is 0 Å². The first-order chi connectivity index (χ1) is 10.6. The van der Waals surface area contributed by atoms with Crippen LogP contribution in [0, 0.1) is 6.92 Å². The van der Waals surface area contributed by atoms with E-state index < -0.39 is 0 Å². The van der Waals surface area contributed by atoms with Crippen LogP contribution in [-0.4, -0.2) is 34.2 Å². The van der Waals surface area contributed by atoms with Crippen LogP contribution < -0.4 is 5.32 Å². The number of aromatic amines is 1. The summed E-state index contributed by atoms with van der Waals surface area (Å²) in [7, 11) is 0. The molecule has 2 N–H and O–H groups in total. The van der Waals surface area contributed by atoms with E-state index in [-0.39, 0.29) is 0 Å². The smallest absolute Gasteiger partial charge is 0.0948 e. The van der Waals surface area contributed by atoms with E-state index in [1.54, 1.807) is 0 Å². The molecule has 1 aromatic heterocycles. The number of aromatic nitrogens is 2. The summed E-state index contributed by atoms with van der Waals surface area (Å²) in [6.45, 7) is 8.07. The number of hydrogen-bond donors (Lipinski definition) is 2. The second-order valence-corrected chi connectivity index (χ2v) is 6.52. The maximum Gasteiger partial charge on any atom is 0.0948 e. The van der Waals surface area contributed by atoms with Crippen molar-refractivity contribution in [1.82, 2.24) is 20.4 Å². The molecule has 0 radical (unpaired) electrons. The van der Waals surface area contributed by atoms with Crippen molar-refractivity contribution in [3.8, 4) is 0 Å². The van der Waals surface area contributed by atoms with Gasteiger partial charge in [0.15, 0.2) is 0 Å². The number of rotatable bonds is 5. The lowest BCUT2D eigenvalue weighted by atomic mass is 10.00. The molecule has 4 nitrogen and oxygen atoms in total. The first kappa shape index (κ1) is 15.5. The molecule has 0 fully saturated rings. The zero-order valence-electron chi connectivity index (χ0n) is 13.2. The molecular weight excluding hydrogens is 296 g/mol. The third kappa shape index (κ3) is 3.51. The molecular formula is C17H23ClN4. The second kappa shape index (κ2) is 6.82. The van der Waals surface area contributed by atoms with Crippen LogP contribution in [0.2, 0.25) is 5.02 Å². The minimum atomic E-state index is 0.401. The van der Waals surface area contributed by atoms with E-state index in [2.05, 4.69) is 51.6 Å². The molecule has 0 saturated heterocycles. The molecule has 2 aromatic rings. The molecule has 0 spiro atoms. The average molecular weight is 319 g/mol. The van der Waals surface area contributed by atoms with Crippen LogP contribution >= 0.6 is 11.6 Å². The summed E-state index contributed by atoms with van der Waals surface area (Å²) < 4.78 is 0. The fourth-order valence-electron chi connectivity index (χ4n) is 3.02. The Labute approximate surface area is 136 Å². The average Bonchev–Trinajstić information content (AvgIpc) is 2.84. The van der Waals surface area contributed by atoms with Crippen LogP contribution in [-0.2, 0) is 19.5 Å². The van der Waals surface area contributed by atoms with Gasteiger partial charge in [0.05, 0.1) is 16.4 Å². The van der Waals surface area contributed by atoms with Gasteiger partial charge in [0, 0.05) is 32.2 Å². The van der Waals surface area contributed by atoms with Gasteiger partial charge in [-0.3, -0.25) is 10.00 Å². The van der Waals surface area contributed by atoms with Gasteiger partial charge in [-0.05, 0) is 31.4 Å². The Hall–Kier alpha value is -1.36. The van der Waals surface area contributed by atoms with Crippen LogP contribution in [0.15, 0.2) is 24.3 Å². The SMILES string of the molecule is Cc1[nH]nc(CNC(C)CN2CCc3ccccc3C2)c1Cl. The minimum Gasteiger partial charge on any atom is -0.307 e. The van der Waals surface area contributed by atoms with Crippen molar-refractivity contribution < 1.29 is 0 Å². The number of halogens is 1. The Kier molecular flexibility index (Phi) is 4.81. The first-order valence-electron chi connectivity index (χ1n) is 7.85. The molecule has 0 saturated carbocycles. The fourth-order valence-corrected chi connectivity index (χ4v) is 3.17. The highest BCUT2D eigenvalue weighted by Crippen LogP contribution is 2.19. The Balaban J connectivity index is 1.50. The zero-order chi connectivity index (χ0) is 15.5. The van der Waals surface area contributed by atoms with E-state index in [0.29, 0.717) is 12.6 Å². The van der Waals surface area contributed by atoms with Crippen molar-refractivity contribution in [3.05, 3.63) is 51.8 Å². The molecule has 1 atom stereocenters. The monoisotopic (exact) mass is 318 g/mol. The maximum atomic E-state index is 6.20. The number of benzene rings is 1. The predicted molar refractivity (Wildman–Crippen MR) is 90.1 cm³/mol. The normalized spacial score (nSPS) is 16.5. The summed E-state index contributed by atoms with van der Waals surface area (Å²) >= 11 is 6.20. The predicted octanol–water partition coefficient (Wildman–Crippen LogP) is 2.91. The van der Waals surface area contributed by atoms with Crippen molar-refractivity contribution in [2.24, 2.45) is 0 Å². The summed E-state index contributed by atoms with van der Waals surface area (Å²) in [6.07, 6.45) is 1.15. The number of aryl methyl sites for hydroxylation is 1. The number of hydrogen-bond acceptors (Lipinski definition) is 3.